The van der Waals surface area contributed by atoms with Crippen LogP contribution in [0.1, 0.15) is 38.7 Å². The van der Waals surface area contributed by atoms with Crippen LogP contribution in [0, 0.1) is 12.8 Å². The van der Waals surface area contributed by atoms with Crippen molar-refractivity contribution in [1.29, 1.82) is 0 Å². The summed E-state index contributed by atoms with van der Waals surface area (Å²) >= 11 is 1.72. The van der Waals surface area contributed by atoms with E-state index in [1.54, 1.807) is 29.5 Å². The molecule has 1 saturated carbocycles. The Labute approximate surface area is 132 Å². The Hall–Kier alpha value is -2.14. The summed E-state index contributed by atoms with van der Waals surface area (Å²) in [6, 6.07) is 8.74. The van der Waals surface area contributed by atoms with Gasteiger partial charge >= 0.3 is 5.97 Å². The van der Waals surface area contributed by atoms with Gasteiger partial charge in [0.25, 0.3) is 0 Å². The number of hydrogen-bond acceptors (Lipinski definition) is 3. The Morgan fingerprint density at radius 2 is 2.18 bits per heavy atom. The highest BCUT2D eigenvalue weighted by atomic mass is 32.1. The minimum absolute atomic E-state index is 0.0542. The molecule has 0 bridgehead atoms. The van der Waals surface area contributed by atoms with Crippen molar-refractivity contribution in [1.82, 2.24) is 5.32 Å². The summed E-state index contributed by atoms with van der Waals surface area (Å²) < 4.78 is 0. The van der Waals surface area contributed by atoms with Crippen LogP contribution in [0.2, 0.25) is 0 Å². The first-order valence-corrected chi connectivity index (χ1v) is 8.08. The van der Waals surface area contributed by atoms with Gasteiger partial charge in [-0.1, -0.05) is 12.1 Å². The van der Waals surface area contributed by atoms with Crippen molar-refractivity contribution in [3.63, 3.8) is 0 Å². The predicted molar refractivity (Wildman–Crippen MR) is 85.2 cm³/mol. The third-order valence-electron chi connectivity index (χ3n) is 4.01. The van der Waals surface area contributed by atoms with Gasteiger partial charge in [0.2, 0.25) is 5.91 Å². The van der Waals surface area contributed by atoms with Crippen LogP contribution in [0.5, 0.6) is 0 Å². The van der Waals surface area contributed by atoms with Crippen molar-refractivity contribution in [2.75, 3.05) is 0 Å². The van der Waals surface area contributed by atoms with Gasteiger partial charge < -0.3 is 10.4 Å². The third-order valence-corrected chi connectivity index (χ3v) is 5.16. The molecule has 1 amide bonds. The summed E-state index contributed by atoms with van der Waals surface area (Å²) in [5.74, 6) is -0.493. The number of thiophene rings is 1. The van der Waals surface area contributed by atoms with Gasteiger partial charge in [-0.2, -0.15) is 0 Å². The molecule has 1 aliphatic carbocycles. The molecular formula is C17H17NO3S. The number of nitrogens with one attached hydrogen (secondary N) is 1. The second-order valence-corrected chi connectivity index (χ2v) is 6.59. The van der Waals surface area contributed by atoms with Gasteiger partial charge in [0.05, 0.1) is 5.56 Å². The number of aryl methyl sites for hydroxylation is 1. The highest BCUT2D eigenvalue weighted by molar-refractivity contribution is 7.10. The predicted octanol–water partition coefficient (Wildman–Crippen LogP) is 3.17. The average Bonchev–Trinajstić information content (AvgIpc) is 3.19. The highest BCUT2D eigenvalue weighted by Gasteiger charge is 2.45. The maximum atomic E-state index is 12.2. The van der Waals surface area contributed by atoms with Gasteiger partial charge in [-0.3, -0.25) is 4.79 Å². The molecule has 22 heavy (non-hydrogen) atoms. The summed E-state index contributed by atoms with van der Waals surface area (Å²) in [4.78, 5) is 24.4. The van der Waals surface area contributed by atoms with E-state index < -0.39 is 5.97 Å². The lowest BCUT2D eigenvalue weighted by Gasteiger charge is -2.06. The van der Waals surface area contributed by atoms with Crippen molar-refractivity contribution in [2.45, 2.75) is 25.8 Å². The van der Waals surface area contributed by atoms with Gasteiger partial charge in [0.15, 0.2) is 0 Å². The maximum Gasteiger partial charge on any atom is 0.335 e. The van der Waals surface area contributed by atoms with Gasteiger partial charge in [0.1, 0.15) is 0 Å². The molecule has 1 aromatic heterocycles. The van der Waals surface area contributed by atoms with Crippen LogP contribution in [-0.2, 0) is 11.3 Å². The van der Waals surface area contributed by atoms with E-state index in [9.17, 15) is 9.59 Å². The summed E-state index contributed by atoms with van der Waals surface area (Å²) in [6.07, 6.45) is 0.905. The van der Waals surface area contributed by atoms with Crippen LogP contribution in [0.25, 0.3) is 0 Å². The van der Waals surface area contributed by atoms with E-state index in [1.165, 1.54) is 10.4 Å². The molecule has 2 aromatic rings. The molecule has 114 valence electrons. The molecule has 1 heterocycles. The Balaban J connectivity index is 1.57. The van der Waals surface area contributed by atoms with Gasteiger partial charge in [-0.25, -0.2) is 4.79 Å². The average molecular weight is 315 g/mol. The fraction of sp³-hybridized carbons (Fsp3) is 0.294. The lowest BCUT2D eigenvalue weighted by Crippen LogP contribution is -2.25. The molecule has 0 unspecified atom stereocenters. The Morgan fingerprint density at radius 1 is 1.36 bits per heavy atom. The fourth-order valence-corrected chi connectivity index (χ4v) is 3.78. The molecule has 0 aliphatic heterocycles. The standard InChI is InChI=1S/C17H17NO3S/c1-10-5-6-22-15(10)13-8-14(13)16(19)18-9-11-3-2-4-12(7-11)17(20)21/h2-7,13-14H,8-9H2,1H3,(H,18,19)(H,20,21)/t13-,14+/m1/s1. The molecular weight excluding hydrogens is 298 g/mol. The number of amides is 1. The molecule has 1 aliphatic rings. The molecule has 5 heteroatoms. The molecule has 0 radical (unpaired) electrons. The quantitative estimate of drug-likeness (QED) is 0.890. The number of benzene rings is 1. The van der Waals surface area contributed by atoms with Crippen LogP contribution in [0.4, 0.5) is 0 Å². The number of hydrogen-bond donors (Lipinski definition) is 2. The van der Waals surface area contributed by atoms with E-state index in [4.69, 9.17) is 5.11 Å². The lowest BCUT2D eigenvalue weighted by molar-refractivity contribution is -0.122. The lowest BCUT2D eigenvalue weighted by atomic mass is 10.1. The van der Waals surface area contributed by atoms with E-state index in [1.807, 2.05) is 6.07 Å². The van der Waals surface area contributed by atoms with Crippen molar-refractivity contribution in [2.24, 2.45) is 5.92 Å². The first kappa shape index (κ1) is 14.8. The third kappa shape index (κ3) is 3.04. The zero-order valence-electron chi connectivity index (χ0n) is 12.2. The van der Waals surface area contributed by atoms with Crippen molar-refractivity contribution in [3.05, 3.63) is 57.3 Å². The minimum Gasteiger partial charge on any atom is -0.478 e. The first-order chi connectivity index (χ1) is 10.6. The van der Waals surface area contributed by atoms with Crippen LogP contribution in [-0.4, -0.2) is 17.0 Å². The maximum absolute atomic E-state index is 12.2. The summed E-state index contributed by atoms with van der Waals surface area (Å²) in [5.41, 5.74) is 2.31. The Bertz CT molecular complexity index is 722. The van der Waals surface area contributed by atoms with E-state index in [0.717, 1.165) is 12.0 Å². The van der Waals surface area contributed by atoms with Crippen LogP contribution in [0.3, 0.4) is 0 Å². The summed E-state index contributed by atoms with van der Waals surface area (Å²) in [6.45, 7) is 2.45. The molecule has 1 fully saturated rings. The summed E-state index contributed by atoms with van der Waals surface area (Å²) in [5, 5.41) is 13.9. The molecule has 2 N–H and O–H groups in total. The zero-order chi connectivity index (χ0) is 15.7. The number of carbonyl (C=O) groups excluding carboxylic acids is 1. The molecule has 4 nitrogen and oxygen atoms in total. The number of rotatable bonds is 5. The van der Waals surface area contributed by atoms with Crippen molar-refractivity contribution in [3.8, 4) is 0 Å². The highest BCUT2D eigenvalue weighted by Crippen LogP contribution is 2.50. The molecule has 0 saturated heterocycles. The molecule has 3 rings (SSSR count). The van der Waals surface area contributed by atoms with Gasteiger partial charge in [-0.05, 0) is 48.1 Å². The fourth-order valence-electron chi connectivity index (χ4n) is 2.67. The first-order valence-electron chi connectivity index (χ1n) is 7.20. The monoisotopic (exact) mass is 315 g/mol. The van der Waals surface area contributed by atoms with E-state index in [0.29, 0.717) is 12.5 Å². The van der Waals surface area contributed by atoms with Crippen molar-refractivity contribution < 1.29 is 14.7 Å². The molecule has 0 spiro atoms. The van der Waals surface area contributed by atoms with E-state index in [-0.39, 0.29) is 17.4 Å². The normalized spacial score (nSPS) is 19.7. The van der Waals surface area contributed by atoms with E-state index >= 15 is 0 Å². The van der Waals surface area contributed by atoms with Crippen LogP contribution in [0.15, 0.2) is 35.7 Å². The Morgan fingerprint density at radius 3 is 2.86 bits per heavy atom. The summed E-state index contributed by atoms with van der Waals surface area (Å²) in [7, 11) is 0. The number of aromatic carboxylic acids is 1. The second-order valence-electron chi connectivity index (χ2n) is 5.64. The van der Waals surface area contributed by atoms with Gasteiger partial charge in [0, 0.05) is 23.3 Å². The smallest absolute Gasteiger partial charge is 0.335 e. The van der Waals surface area contributed by atoms with Crippen LogP contribution >= 0.6 is 11.3 Å². The SMILES string of the molecule is Cc1ccsc1[C@@H]1C[C@@H]1C(=O)NCc1cccc(C(=O)O)c1. The topological polar surface area (TPSA) is 66.4 Å². The number of carboxylic acids is 1. The molecule has 1 aromatic carbocycles. The van der Waals surface area contributed by atoms with Gasteiger partial charge in [-0.15, -0.1) is 11.3 Å². The van der Waals surface area contributed by atoms with Crippen molar-refractivity contribution >= 4 is 23.2 Å². The zero-order valence-corrected chi connectivity index (χ0v) is 13.0. The number of carboxylic acid groups (broad SMARTS) is 1. The molecule has 2 atom stereocenters. The number of carbonyl (C=O) groups is 2. The second kappa shape index (κ2) is 5.93. The minimum atomic E-state index is -0.955. The van der Waals surface area contributed by atoms with Crippen LogP contribution < -0.4 is 5.32 Å². The largest absolute Gasteiger partial charge is 0.478 e. The van der Waals surface area contributed by atoms with E-state index in [2.05, 4.69) is 23.7 Å². The Kier molecular flexibility index (Phi) is 3.98.